The van der Waals surface area contributed by atoms with Gasteiger partial charge in [0.2, 0.25) is 0 Å². The lowest BCUT2D eigenvalue weighted by atomic mass is 9.83. The van der Waals surface area contributed by atoms with E-state index >= 15 is 0 Å². The predicted octanol–water partition coefficient (Wildman–Crippen LogP) is 4.47. The van der Waals surface area contributed by atoms with Crippen LogP contribution in [-0.2, 0) is 9.53 Å². The summed E-state index contributed by atoms with van der Waals surface area (Å²) in [6.07, 6.45) is 10.2. The van der Waals surface area contributed by atoms with Crippen LogP contribution in [0.15, 0.2) is 35.5 Å². The SMILES string of the molecule is C=C1C(=O)OC2CC(C)(O)CCC=C(C)CCC=C(C)CCC12. The van der Waals surface area contributed by atoms with E-state index in [9.17, 15) is 9.90 Å². The fourth-order valence-corrected chi connectivity index (χ4v) is 3.51. The van der Waals surface area contributed by atoms with Crippen LogP contribution in [0, 0.1) is 5.92 Å². The summed E-state index contributed by atoms with van der Waals surface area (Å²) < 4.78 is 5.50. The highest BCUT2D eigenvalue weighted by Crippen LogP contribution is 2.37. The van der Waals surface area contributed by atoms with Gasteiger partial charge in [-0.3, -0.25) is 0 Å². The molecule has 23 heavy (non-hydrogen) atoms. The third kappa shape index (κ3) is 5.07. The summed E-state index contributed by atoms with van der Waals surface area (Å²) in [6, 6.07) is 0. The Bertz CT molecular complexity index is 525. The van der Waals surface area contributed by atoms with Gasteiger partial charge in [-0.15, -0.1) is 0 Å². The summed E-state index contributed by atoms with van der Waals surface area (Å²) in [5.74, 6) is -0.268. The Kier molecular flexibility index (Phi) is 5.85. The summed E-state index contributed by atoms with van der Waals surface area (Å²) in [6.45, 7) is 10.1. The van der Waals surface area contributed by atoms with Crippen LogP contribution in [0.5, 0.6) is 0 Å². The normalized spacial score (nSPS) is 34.1. The third-order valence-corrected chi connectivity index (χ3v) is 5.11. The minimum absolute atomic E-state index is 0.0255. The highest BCUT2D eigenvalue weighted by Gasteiger charge is 2.41. The monoisotopic (exact) mass is 318 g/mol. The second-order valence-corrected chi connectivity index (χ2v) is 7.49. The van der Waals surface area contributed by atoms with Crippen LogP contribution >= 0.6 is 0 Å². The molecule has 2 rings (SSSR count). The lowest BCUT2D eigenvalue weighted by Crippen LogP contribution is -2.32. The van der Waals surface area contributed by atoms with Gasteiger partial charge in [0.1, 0.15) is 6.10 Å². The first kappa shape index (κ1) is 18.0. The molecule has 0 radical (unpaired) electrons. The van der Waals surface area contributed by atoms with E-state index in [2.05, 4.69) is 32.6 Å². The maximum atomic E-state index is 11.9. The molecule has 0 spiro atoms. The summed E-state index contributed by atoms with van der Waals surface area (Å²) >= 11 is 0. The van der Waals surface area contributed by atoms with E-state index in [1.165, 1.54) is 11.1 Å². The number of esters is 1. The van der Waals surface area contributed by atoms with Gasteiger partial charge < -0.3 is 9.84 Å². The molecule has 1 aliphatic heterocycles. The maximum absolute atomic E-state index is 11.9. The van der Waals surface area contributed by atoms with E-state index < -0.39 is 5.60 Å². The minimum atomic E-state index is -0.820. The van der Waals surface area contributed by atoms with Crippen LogP contribution in [0.2, 0.25) is 0 Å². The second-order valence-electron chi connectivity index (χ2n) is 7.49. The van der Waals surface area contributed by atoms with Crippen molar-refractivity contribution >= 4 is 5.97 Å². The third-order valence-electron chi connectivity index (χ3n) is 5.11. The van der Waals surface area contributed by atoms with E-state index in [1.807, 2.05) is 6.92 Å². The highest BCUT2D eigenvalue weighted by molar-refractivity contribution is 5.90. The number of hydrogen-bond donors (Lipinski definition) is 1. The molecule has 0 aromatic heterocycles. The summed E-state index contributed by atoms with van der Waals surface area (Å²) in [4.78, 5) is 11.9. The molecule has 3 heteroatoms. The molecule has 3 unspecified atom stereocenters. The van der Waals surface area contributed by atoms with Gasteiger partial charge in [0.25, 0.3) is 0 Å². The van der Waals surface area contributed by atoms with E-state index in [1.54, 1.807) is 0 Å². The average molecular weight is 318 g/mol. The van der Waals surface area contributed by atoms with E-state index in [0.29, 0.717) is 18.4 Å². The predicted molar refractivity (Wildman–Crippen MR) is 93.0 cm³/mol. The molecular weight excluding hydrogens is 288 g/mol. The molecule has 1 aliphatic carbocycles. The highest BCUT2D eigenvalue weighted by atomic mass is 16.6. The summed E-state index contributed by atoms with van der Waals surface area (Å²) in [5.41, 5.74) is 2.48. The fourth-order valence-electron chi connectivity index (χ4n) is 3.51. The summed E-state index contributed by atoms with van der Waals surface area (Å²) in [5, 5.41) is 10.7. The zero-order chi connectivity index (χ0) is 17.0. The van der Waals surface area contributed by atoms with Gasteiger partial charge in [-0.2, -0.15) is 0 Å². The first-order valence-electron chi connectivity index (χ1n) is 8.72. The van der Waals surface area contributed by atoms with Crippen LogP contribution in [0.1, 0.15) is 65.7 Å². The van der Waals surface area contributed by atoms with Crippen molar-refractivity contribution < 1.29 is 14.6 Å². The fraction of sp³-hybridized carbons (Fsp3) is 0.650. The van der Waals surface area contributed by atoms with Gasteiger partial charge in [0, 0.05) is 17.9 Å². The molecule has 2 aliphatic rings. The molecule has 0 aromatic rings. The Morgan fingerprint density at radius 2 is 1.87 bits per heavy atom. The number of fused-ring (bicyclic) bond motifs is 1. The van der Waals surface area contributed by atoms with Crippen LogP contribution in [0.25, 0.3) is 0 Å². The molecule has 0 aromatic carbocycles. The molecule has 128 valence electrons. The standard InChI is InChI=1S/C20H30O3/c1-14-7-5-8-15(2)10-11-17-16(3)19(21)23-18(17)13-20(4,22)12-6-9-14/h8-9,17-18,22H,3,5-7,10-13H2,1-2,4H3. The van der Waals surface area contributed by atoms with Gasteiger partial charge in [0.15, 0.2) is 0 Å². The number of aliphatic hydroxyl groups is 1. The zero-order valence-electron chi connectivity index (χ0n) is 14.7. The van der Waals surface area contributed by atoms with Gasteiger partial charge in [-0.05, 0) is 59.3 Å². The Morgan fingerprint density at radius 3 is 2.61 bits per heavy atom. The summed E-state index contributed by atoms with van der Waals surface area (Å²) in [7, 11) is 0. The van der Waals surface area contributed by atoms with Crippen molar-refractivity contribution in [3.63, 3.8) is 0 Å². The first-order valence-corrected chi connectivity index (χ1v) is 8.72. The van der Waals surface area contributed by atoms with E-state index in [0.717, 1.165) is 32.1 Å². The van der Waals surface area contributed by atoms with Gasteiger partial charge in [-0.25, -0.2) is 4.79 Å². The van der Waals surface area contributed by atoms with Gasteiger partial charge >= 0.3 is 5.97 Å². The molecule has 0 amide bonds. The van der Waals surface area contributed by atoms with Crippen LogP contribution in [0.4, 0.5) is 0 Å². The lowest BCUT2D eigenvalue weighted by molar-refractivity contribution is -0.141. The Morgan fingerprint density at radius 1 is 1.22 bits per heavy atom. The van der Waals surface area contributed by atoms with Crippen molar-refractivity contribution in [2.75, 3.05) is 0 Å². The second kappa shape index (κ2) is 7.48. The van der Waals surface area contributed by atoms with E-state index in [4.69, 9.17) is 4.74 Å². The first-order chi connectivity index (χ1) is 10.8. The number of ether oxygens (including phenoxy) is 1. The van der Waals surface area contributed by atoms with Crippen LogP contribution < -0.4 is 0 Å². The molecule has 1 fully saturated rings. The Hall–Kier alpha value is -1.35. The number of hydrogen-bond acceptors (Lipinski definition) is 3. The average Bonchev–Trinajstić information content (AvgIpc) is 2.70. The zero-order valence-corrected chi connectivity index (χ0v) is 14.7. The molecule has 0 bridgehead atoms. The Balaban J connectivity index is 2.18. The minimum Gasteiger partial charge on any atom is -0.458 e. The number of rotatable bonds is 0. The van der Waals surface area contributed by atoms with Crippen molar-refractivity contribution in [2.24, 2.45) is 5.92 Å². The van der Waals surface area contributed by atoms with Crippen molar-refractivity contribution in [1.29, 1.82) is 0 Å². The topological polar surface area (TPSA) is 46.5 Å². The molecule has 1 saturated heterocycles. The van der Waals surface area contributed by atoms with Crippen molar-refractivity contribution in [3.8, 4) is 0 Å². The smallest absolute Gasteiger partial charge is 0.334 e. The maximum Gasteiger partial charge on any atom is 0.334 e. The molecular formula is C20H30O3. The molecule has 3 atom stereocenters. The van der Waals surface area contributed by atoms with Crippen molar-refractivity contribution in [1.82, 2.24) is 0 Å². The molecule has 1 heterocycles. The number of carbonyl (C=O) groups excluding carboxylic acids is 1. The van der Waals surface area contributed by atoms with Gasteiger partial charge in [0.05, 0.1) is 5.60 Å². The molecule has 1 N–H and O–H groups in total. The molecule has 3 nitrogen and oxygen atoms in total. The molecule has 0 saturated carbocycles. The lowest BCUT2D eigenvalue weighted by Gasteiger charge is -2.28. The van der Waals surface area contributed by atoms with Crippen LogP contribution in [0.3, 0.4) is 0 Å². The van der Waals surface area contributed by atoms with Gasteiger partial charge in [-0.1, -0.05) is 29.9 Å². The van der Waals surface area contributed by atoms with Crippen molar-refractivity contribution in [3.05, 3.63) is 35.5 Å². The number of allylic oxidation sites excluding steroid dienone is 4. The van der Waals surface area contributed by atoms with Crippen LogP contribution in [-0.4, -0.2) is 22.8 Å². The number of carbonyl (C=O) groups is 1. The van der Waals surface area contributed by atoms with Crippen molar-refractivity contribution in [2.45, 2.75) is 77.4 Å². The van der Waals surface area contributed by atoms with E-state index in [-0.39, 0.29) is 18.0 Å². The quantitative estimate of drug-likeness (QED) is 0.407. The Labute approximate surface area is 140 Å². The largest absolute Gasteiger partial charge is 0.458 e.